The first-order valence-electron chi connectivity index (χ1n) is 7.16. The number of rotatable bonds is 7. The van der Waals surface area contributed by atoms with E-state index in [1.54, 1.807) is 12.1 Å². The van der Waals surface area contributed by atoms with Crippen molar-refractivity contribution in [3.8, 4) is 11.7 Å². The number of amides is 1. The van der Waals surface area contributed by atoms with Gasteiger partial charge in [0.1, 0.15) is 0 Å². The second-order valence-electron chi connectivity index (χ2n) is 4.85. The molecule has 3 rings (SSSR count). The van der Waals surface area contributed by atoms with Gasteiger partial charge in [-0.1, -0.05) is 35.0 Å². The topological polar surface area (TPSA) is 81.2 Å². The molecule has 0 fully saturated rings. The van der Waals surface area contributed by atoms with Gasteiger partial charge >= 0.3 is 0 Å². The predicted molar refractivity (Wildman–Crippen MR) is 91.5 cm³/mol. The molecule has 2 aromatic heterocycles. The van der Waals surface area contributed by atoms with Crippen LogP contribution in [0.25, 0.3) is 11.7 Å². The Balaban J connectivity index is 1.42. The van der Waals surface area contributed by atoms with E-state index in [1.807, 2.05) is 24.3 Å². The summed E-state index contributed by atoms with van der Waals surface area (Å²) >= 11 is 7.57. The first-order valence-corrected chi connectivity index (χ1v) is 8.70. The molecular formula is C16H14ClN3O3S. The fraction of sp³-hybridized carbons (Fsp3) is 0.188. The Morgan fingerprint density at radius 2 is 2.12 bits per heavy atom. The molecule has 124 valence electrons. The SMILES string of the molecule is O=C(CSCc1ccccc1Cl)NCc1noc(-c2ccco2)n1. The Hall–Kier alpha value is -2.25. The first kappa shape index (κ1) is 16.6. The normalized spacial score (nSPS) is 10.7. The number of thioether (sulfide) groups is 1. The molecule has 8 heteroatoms. The summed E-state index contributed by atoms with van der Waals surface area (Å²) in [6, 6.07) is 11.0. The molecule has 6 nitrogen and oxygen atoms in total. The van der Waals surface area contributed by atoms with Crippen LogP contribution in [0, 0.1) is 0 Å². The minimum Gasteiger partial charge on any atom is -0.459 e. The highest BCUT2D eigenvalue weighted by molar-refractivity contribution is 7.99. The van der Waals surface area contributed by atoms with Crippen molar-refractivity contribution in [3.05, 3.63) is 59.1 Å². The average molecular weight is 364 g/mol. The van der Waals surface area contributed by atoms with Crippen molar-refractivity contribution in [1.82, 2.24) is 15.5 Å². The molecule has 0 unspecified atom stereocenters. The molecule has 0 saturated carbocycles. The van der Waals surface area contributed by atoms with Crippen LogP contribution < -0.4 is 5.32 Å². The van der Waals surface area contributed by atoms with Crippen LogP contribution in [0.5, 0.6) is 0 Å². The van der Waals surface area contributed by atoms with Crippen LogP contribution in [-0.2, 0) is 17.1 Å². The van der Waals surface area contributed by atoms with Gasteiger partial charge in [0, 0.05) is 10.8 Å². The van der Waals surface area contributed by atoms with Crippen molar-refractivity contribution < 1.29 is 13.7 Å². The van der Waals surface area contributed by atoms with Gasteiger partial charge in [-0.2, -0.15) is 4.98 Å². The molecular weight excluding hydrogens is 350 g/mol. The fourth-order valence-electron chi connectivity index (χ4n) is 1.92. The Kier molecular flexibility index (Phi) is 5.55. The molecule has 1 N–H and O–H groups in total. The maximum atomic E-state index is 11.9. The van der Waals surface area contributed by atoms with Crippen molar-refractivity contribution in [2.24, 2.45) is 0 Å². The lowest BCUT2D eigenvalue weighted by Crippen LogP contribution is -2.25. The van der Waals surface area contributed by atoms with Crippen molar-refractivity contribution >= 4 is 29.3 Å². The van der Waals surface area contributed by atoms with Gasteiger partial charge in [0.2, 0.25) is 5.91 Å². The zero-order valence-electron chi connectivity index (χ0n) is 12.6. The lowest BCUT2D eigenvalue weighted by molar-refractivity contribution is -0.118. The minimum absolute atomic E-state index is 0.101. The van der Waals surface area contributed by atoms with Gasteiger partial charge in [-0.05, 0) is 23.8 Å². The van der Waals surface area contributed by atoms with Gasteiger partial charge < -0.3 is 14.3 Å². The highest BCUT2D eigenvalue weighted by Gasteiger charge is 2.12. The lowest BCUT2D eigenvalue weighted by atomic mass is 10.2. The second-order valence-corrected chi connectivity index (χ2v) is 6.25. The summed E-state index contributed by atoms with van der Waals surface area (Å²) in [6.45, 7) is 0.204. The molecule has 0 aliphatic carbocycles. The Bertz CT molecular complexity index is 805. The van der Waals surface area contributed by atoms with Crippen LogP contribution in [-0.4, -0.2) is 21.8 Å². The molecule has 0 spiro atoms. The zero-order valence-corrected chi connectivity index (χ0v) is 14.1. The quantitative estimate of drug-likeness (QED) is 0.691. The summed E-state index contributed by atoms with van der Waals surface area (Å²) < 4.78 is 10.2. The maximum Gasteiger partial charge on any atom is 0.293 e. The van der Waals surface area contributed by atoms with Gasteiger partial charge in [0.25, 0.3) is 5.89 Å². The average Bonchev–Trinajstić information content (AvgIpc) is 3.26. The molecule has 0 bridgehead atoms. The molecule has 0 atom stereocenters. The van der Waals surface area contributed by atoms with E-state index in [9.17, 15) is 4.79 Å². The molecule has 0 saturated heterocycles. The molecule has 3 aromatic rings. The maximum absolute atomic E-state index is 11.9. The standard InChI is InChI=1S/C16H14ClN3O3S/c17-12-5-2-1-4-11(12)9-24-10-15(21)18-8-14-19-16(23-20-14)13-6-3-7-22-13/h1-7H,8-10H2,(H,18,21). The summed E-state index contributed by atoms with van der Waals surface area (Å²) in [4.78, 5) is 16.0. The minimum atomic E-state index is -0.101. The smallest absolute Gasteiger partial charge is 0.293 e. The highest BCUT2D eigenvalue weighted by atomic mass is 35.5. The first-order chi connectivity index (χ1) is 11.7. The summed E-state index contributed by atoms with van der Waals surface area (Å²) in [7, 11) is 0. The number of nitrogens with zero attached hydrogens (tertiary/aromatic N) is 2. The summed E-state index contributed by atoms with van der Waals surface area (Å²) in [5.74, 6) is 2.08. The third kappa shape index (κ3) is 4.39. The number of hydrogen-bond donors (Lipinski definition) is 1. The van der Waals surface area contributed by atoms with Crippen LogP contribution in [0.1, 0.15) is 11.4 Å². The van der Waals surface area contributed by atoms with Crippen molar-refractivity contribution in [3.63, 3.8) is 0 Å². The van der Waals surface area contributed by atoms with E-state index < -0.39 is 0 Å². The van der Waals surface area contributed by atoms with Gasteiger partial charge in [0.15, 0.2) is 11.6 Å². The van der Waals surface area contributed by atoms with E-state index in [0.29, 0.717) is 28.1 Å². The van der Waals surface area contributed by atoms with Gasteiger partial charge in [0.05, 0.1) is 18.6 Å². The van der Waals surface area contributed by atoms with E-state index in [-0.39, 0.29) is 18.3 Å². The van der Waals surface area contributed by atoms with Crippen molar-refractivity contribution in [2.45, 2.75) is 12.3 Å². The Labute approximate surface area is 147 Å². The van der Waals surface area contributed by atoms with E-state index in [4.69, 9.17) is 20.5 Å². The number of aromatic nitrogens is 2. The van der Waals surface area contributed by atoms with Crippen LogP contribution >= 0.6 is 23.4 Å². The summed E-state index contributed by atoms with van der Waals surface area (Å²) in [5.41, 5.74) is 1.01. The third-order valence-electron chi connectivity index (χ3n) is 3.09. The van der Waals surface area contributed by atoms with E-state index in [1.165, 1.54) is 18.0 Å². The van der Waals surface area contributed by atoms with Crippen molar-refractivity contribution in [2.75, 3.05) is 5.75 Å². The Morgan fingerprint density at radius 3 is 2.92 bits per heavy atom. The Morgan fingerprint density at radius 1 is 1.25 bits per heavy atom. The number of furan rings is 1. The summed E-state index contributed by atoms with van der Waals surface area (Å²) in [6.07, 6.45) is 1.52. The second kappa shape index (κ2) is 8.03. The van der Waals surface area contributed by atoms with Gasteiger partial charge in [-0.15, -0.1) is 11.8 Å². The van der Waals surface area contributed by atoms with Gasteiger partial charge in [-0.25, -0.2) is 0 Å². The third-order valence-corrected chi connectivity index (χ3v) is 4.44. The number of benzene rings is 1. The molecule has 2 heterocycles. The fourth-order valence-corrected chi connectivity index (χ4v) is 3.07. The molecule has 0 radical (unpaired) electrons. The number of halogens is 1. The van der Waals surface area contributed by atoms with Crippen LogP contribution in [0.3, 0.4) is 0 Å². The van der Waals surface area contributed by atoms with Crippen LogP contribution in [0.15, 0.2) is 51.6 Å². The predicted octanol–water partition coefficient (Wildman–Crippen LogP) is 3.53. The zero-order chi connectivity index (χ0) is 16.8. The molecule has 0 aliphatic heterocycles. The van der Waals surface area contributed by atoms with E-state index in [0.717, 1.165) is 5.56 Å². The number of nitrogens with one attached hydrogen (secondary N) is 1. The number of carbonyl (C=O) groups excluding carboxylic acids is 1. The molecule has 0 aliphatic rings. The van der Waals surface area contributed by atoms with Gasteiger partial charge in [-0.3, -0.25) is 4.79 Å². The van der Waals surface area contributed by atoms with E-state index in [2.05, 4.69) is 15.5 Å². The summed E-state index contributed by atoms with van der Waals surface area (Å²) in [5, 5.41) is 7.26. The molecule has 1 amide bonds. The monoisotopic (exact) mass is 363 g/mol. The molecule has 1 aromatic carbocycles. The molecule has 24 heavy (non-hydrogen) atoms. The van der Waals surface area contributed by atoms with Crippen LogP contribution in [0.2, 0.25) is 5.02 Å². The lowest BCUT2D eigenvalue weighted by Gasteiger charge is -2.04. The number of carbonyl (C=O) groups is 1. The number of hydrogen-bond acceptors (Lipinski definition) is 6. The van der Waals surface area contributed by atoms with Crippen LogP contribution in [0.4, 0.5) is 0 Å². The van der Waals surface area contributed by atoms with E-state index >= 15 is 0 Å². The highest BCUT2D eigenvalue weighted by Crippen LogP contribution is 2.20. The largest absolute Gasteiger partial charge is 0.459 e. The van der Waals surface area contributed by atoms with Crippen molar-refractivity contribution in [1.29, 1.82) is 0 Å².